The fourth-order valence-corrected chi connectivity index (χ4v) is 3.37. The zero-order chi connectivity index (χ0) is 17.4. The summed E-state index contributed by atoms with van der Waals surface area (Å²) in [6.07, 6.45) is 0. The molecule has 25 heavy (non-hydrogen) atoms. The third kappa shape index (κ3) is 2.22. The Kier molecular flexibility index (Phi) is 3.55. The number of ether oxygens (including phenoxy) is 1. The topological polar surface area (TPSA) is 49.8 Å². The zero-order valence-corrected chi connectivity index (χ0v) is 13.7. The number of fused-ring (bicyclic) bond motifs is 1. The Bertz CT molecular complexity index is 939. The van der Waals surface area contributed by atoms with E-state index >= 15 is 0 Å². The first kappa shape index (κ1) is 15.4. The maximum Gasteiger partial charge on any atom is 0.261 e. The van der Waals surface area contributed by atoms with E-state index in [9.17, 15) is 9.90 Å². The molecule has 0 fully saturated rings. The van der Waals surface area contributed by atoms with Crippen molar-refractivity contribution in [2.75, 3.05) is 12.0 Å². The quantitative estimate of drug-likeness (QED) is 0.798. The molecular weight excluding hydrogens is 314 g/mol. The molecule has 3 aromatic carbocycles. The highest BCUT2D eigenvalue weighted by Gasteiger charge is 2.50. The zero-order valence-electron chi connectivity index (χ0n) is 13.7. The minimum absolute atomic E-state index is 0.230. The number of hydrogen-bond donors (Lipinski definition) is 1. The molecule has 0 aliphatic carbocycles. The van der Waals surface area contributed by atoms with Crippen LogP contribution in [-0.4, -0.2) is 18.1 Å². The Morgan fingerprint density at radius 2 is 1.64 bits per heavy atom. The average molecular weight is 331 g/mol. The van der Waals surface area contributed by atoms with E-state index in [1.165, 1.54) is 4.90 Å². The summed E-state index contributed by atoms with van der Waals surface area (Å²) in [7, 11) is 1.58. The van der Waals surface area contributed by atoms with Crippen LogP contribution in [0.3, 0.4) is 0 Å². The largest absolute Gasteiger partial charge is 0.497 e. The molecule has 4 nitrogen and oxygen atoms in total. The average Bonchev–Trinajstić information content (AvgIpc) is 2.91. The van der Waals surface area contributed by atoms with Gasteiger partial charge in [0.25, 0.3) is 5.91 Å². The predicted molar refractivity (Wildman–Crippen MR) is 95.7 cm³/mol. The highest BCUT2D eigenvalue weighted by Crippen LogP contribution is 2.45. The van der Waals surface area contributed by atoms with Crippen molar-refractivity contribution in [1.82, 2.24) is 0 Å². The molecule has 4 rings (SSSR count). The number of rotatable bonds is 3. The number of methoxy groups -OCH3 is 1. The van der Waals surface area contributed by atoms with Crippen LogP contribution in [0.1, 0.15) is 21.5 Å². The van der Waals surface area contributed by atoms with Crippen LogP contribution >= 0.6 is 0 Å². The molecule has 1 N–H and O–H groups in total. The number of benzene rings is 3. The molecule has 4 heteroatoms. The maximum atomic E-state index is 13.1. The molecule has 1 unspecified atom stereocenters. The molecule has 1 amide bonds. The van der Waals surface area contributed by atoms with Gasteiger partial charge in [-0.05, 0) is 30.3 Å². The first-order valence-electron chi connectivity index (χ1n) is 8.02. The van der Waals surface area contributed by atoms with Crippen molar-refractivity contribution in [1.29, 1.82) is 0 Å². The van der Waals surface area contributed by atoms with E-state index in [-0.39, 0.29) is 5.91 Å². The van der Waals surface area contributed by atoms with Crippen LogP contribution in [0.4, 0.5) is 5.69 Å². The summed E-state index contributed by atoms with van der Waals surface area (Å²) in [6, 6.07) is 23.5. The third-order valence-electron chi connectivity index (χ3n) is 4.55. The van der Waals surface area contributed by atoms with E-state index in [4.69, 9.17) is 4.74 Å². The van der Waals surface area contributed by atoms with Gasteiger partial charge >= 0.3 is 0 Å². The van der Waals surface area contributed by atoms with E-state index in [1.54, 1.807) is 43.5 Å². The van der Waals surface area contributed by atoms with Crippen molar-refractivity contribution in [3.05, 3.63) is 95.6 Å². The van der Waals surface area contributed by atoms with Gasteiger partial charge in [-0.25, -0.2) is 0 Å². The number of carbonyl (C=O) groups excluding carboxylic acids is 1. The van der Waals surface area contributed by atoms with Crippen LogP contribution in [0.15, 0.2) is 78.9 Å². The van der Waals surface area contributed by atoms with Crippen LogP contribution < -0.4 is 9.64 Å². The molecule has 124 valence electrons. The van der Waals surface area contributed by atoms with Gasteiger partial charge in [-0.1, -0.05) is 48.5 Å². The second-order valence-electron chi connectivity index (χ2n) is 5.93. The van der Waals surface area contributed by atoms with Gasteiger partial charge in [0.1, 0.15) is 5.75 Å². The number of amides is 1. The SMILES string of the molecule is COc1cccc(C2(O)c3ccccc3C(=O)N2c2ccccc2)c1. The van der Waals surface area contributed by atoms with E-state index in [0.717, 1.165) is 0 Å². The molecule has 1 aliphatic heterocycles. The van der Waals surface area contributed by atoms with Crippen LogP contribution in [0.25, 0.3) is 0 Å². The summed E-state index contributed by atoms with van der Waals surface area (Å²) in [5, 5.41) is 11.8. The smallest absolute Gasteiger partial charge is 0.261 e. The van der Waals surface area contributed by atoms with Gasteiger partial charge in [0.05, 0.1) is 7.11 Å². The number of para-hydroxylation sites is 1. The van der Waals surface area contributed by atoms with Crippen LogP contribution in [-0.2, 0) is 5.72 Å². The molecule has 0 saturated heterocycles. The second-order valence-corrected chi connectivity index (χ2v) is 5.93. The lowest BCUT2D eigenvalue weighted by molar-refractivity contribution is 0.0702. The first-order chi connectivity index (χ1) is 12.2. The Labute approximate surface area is 145 Å². The monoisotopic (exact) mass is 331 g/mol. The van der Waals surface area contributed by atoms with E-state index < -0.39 is 5.72 Å². The molecule has 0 radical (unpaired) electrons. The number of nitrogens with zero attached hydrogens (tertiary/aromatic N) is 1. The first-order valence-corrected chi connectivity index (χ1v) is 8.02. The summed E-state index contributed by atoms with van der Waals surface area (Å²) in [5.74, 6) is 0.392. The van der Waals surface area contributed by atoms with Crippen molar-refractivity contribution in [3.8, 4) is 5.75 Å². The lowest BCUT2D eigenvalue weighted by atomic mass is 9.93. The molecule has 0 spiro atoms. The Hall–Kier alpha value is -3.11. The van der Waals surface area contributed by atoms with Gasteiger partial charge in [-0.15, -0.1) is 0 Å². The van der Waals surface area contributed by atoms with Gasteiger partial charge < -0.3 is 9.84 Å². The summed E-state index contributed by atoms with van der Waals surface area (Å²) in [6.45, 7) is 0. The molecule has 0 aromatic heterocycles. The van der Waals surface area contributed by atoms with Gasteiger partial charge in [-0.2, -0.15) is 0 Å². The minimum atomic E-state index is -1.59. The van der Waals surface area contributed by atoms with Crippen molar-refractivity contribution in [3.63, 3.8) is 0 Å². The Balaban J connectivity index is 1.99. The Morgan fingerprint density at radius 3 is 2.40 bits per heavy atom. The molecule has 1 atom stereocenters. The van der Waals surface area contributed by atoms with Crippen LogP contribution in [0, 0.1) is 0 Å². The van der Waals surface area contributed by atoms with Crippen LogP contribution in [0.2, 0.25) is 0 Å². The Morgan fingerprint density at radius 1 is 0.920 bits per heavy atom. The fourth-order valence-electron chi connectivity index (χ4n) is 3.37. The number of hydrogen-bond acceptors (Lipinski definition) is 3. The molecular formula is C21H17NO3. The molecule has 3 aromatic rings. The molecule has 1 heterocycles. The normalized spacial score (nSPS) is 19.0. The number of anilines is 1. The van der Waals surface area contributed by atoms with Gasteiger partial charge in [0, 0.05) is 22.4 Å². The number of aliphatic hydroxyl groups is 1. The highest BCUT2D eigenvalue weighted by molar-refractivity contribution is 6.12. The van der Waals surface area contributed by atoms with Gasteiger partial charge in [0.15, 0.2) is 5.72 Å². The van der Waals surface area contributed by atoms with Crippen molar-refractivity contribution in [2.45, 2.75) is 5.72 Å². The maximum absolute atomic E-state index is 13.1. The molecule has 0 bridgehead atoms. The standard InChI is InChI=1S/C21H17NO3/c1-25-17-11-7-8-15(14-17)21(24)19-13-6-5-12-18(19)20(23)22(21)16-9-3-2-4-10-16/h2-14,24H,1H3. The highest BCUT2D eigenvalue weighted by atomic mass is 16.5. The van der Waals surface area contributed by atoms with Gasteiger partial charge in [0.2, 0.25) is 0 Å². The van der Waals surface area contributed by atoms with Crippen molar-refractivity contribution in [2.24, 2.45) is 0 Å². The molecule has 0 saturated carbocycles. The van der Waals surface area contributed by atoms with E-state index in [1.807, 2.05) is 42.5 Å². The third-order valence-corrected chi connectivity index (χ3v) is 4.55. The minimum Gasteiger partial charge on any atom is -0.497 e. The molecule has 1 aliphatic rings. The summed E-state index contributed by atoms with van der Waals surface area (Å²) in [4.78, 5) is 14.5. The summed E-state index contributed by atoms with van der Waals surface area (Å²) in [5.41, 5.74) is 0.681. The predicted octanol–water partition coefficient (Wildman–Crippen LogP) is 3.55. The van der Waals surface area contributed by atoms with Crippen LogP contribution in [0.5, 0.6) is 5.75 Å². The van der Waals surface area contributed by atoms with Crippen molar-refractivity contribution >= 4 is 11.6 Å². The summed E-state index contributed by atoms with van der Waals surface area (Å²) < 4.78 is 5.30. The van der Waals surface area contributed by atoms with Gasteiger partial charge in [-0.3, -0.25) is 9.69 Å². The van der Waals surface area contributed by atoms with E-state index in [0.29, 0.717) is 28.1 Å². The fraction of sp³-hybridized carbons (Fsp3) is 0.0952. The lowest BCUT2D eigenvalue weighted by Crippen LogP contribution is -2.45. The van der Waals surface area contributed by atoms with Crippen molar-refractivity contribution < 1.29 is 14.6 Å². The van der Waals surface area contributed by atoms with E-state index in [2.05, 4.69) is 0 Å². The number of carbonyl (C=O) groups is 1. The summed E-state index contributed by atoms with van der Waals surface area (Å²) >= 11 is 0. The lowest BCUT2D eigenvalue weighted by Gasteiger charge is -2.35. The second kappa shape index (κ2) is 5.76.